The van der Waals surface area contributed by atoms with Crippen LogP contribution in [0.15, 0.2) is 0 Å². The first kappa shape index (κ1) is 14.8. The molecule has 1 saturated carbocycles. The molecule has 2 aliphatic rings. The van der Waals surface area contributed by atoms with Crippen LogP contribution in [-0.2, 0) is 4.79 Å². The second kappa shape index (κ2) is 7.93. The van der Waals surface area contributed by atoms with Crippen molar-refractivity contribution in [1.82, 2.24) is 10.6 Å². The highest BCUT2D eigenvalue weighted by molar-refractivity contribution is 5.85. The molecule has 0 aromatic carbocycles. The summed E-state index contributed by atoms with van der Waals surface area (Å²) in [6, 6.07) is 0. The molecule has 2 N–H and O–H groups in total. The standard InChI is InChI=1S/C13H24N2O.ClH/c16-13(5-4-11-2-1-3-11)15-9-7-12-6-8-14-10-12;/h11-12,14H,1-10H2,(H,15,16);1H. The summed E-state index contributed by atoms with van der Waals surface area (Å²) in [6.45, 7) is 3.16. The summed E-state index contributed by atoms with van der Waals surface area (Å²) in [7, 11) is 0. The summed E-state index contributed by atoms with van der Waals surface area (Å²) in [5, 5.41) is 6.40. The van der Waals surface area contributed by atoms with Gasteiger partial charge in [0.15, 0.2) is 0 Å². The first-order valence-corrected chi connectivity index (χ1v) is 6.82. The van der Waals surface area contributed by atoms with Gasteiger partial charge in [0.1, 0.15) is 0 Å². The lowest BCUT2D eigenvalue weighted by atomic mass is 9.82. The normalized spacial score (nSPS) is 23.9. The Hall–Kier alpha value is -0.280. The van der Waals surface area contributed by atoms with E-state index in [0.717, 1.165) is 50.7 Å². The van der Waals surface area contributed by atoms with Crippen molar-refractivity contribution in [1.29, 1.82) is 0 Å². The summed E-state index contributed by atoms with van der Waals surface area (Å²) in [5.41, 5.74) is 0. The summed E-state index contributed by atoms with van der Waals surface area (Å²) < 4.78 is 0. The van der Waals surface area contributed by atoms with Crippen molar-refractivity contribution in [3.05, 3.63) is 0 Å². The van der Waals surface area contributed by atoms with Gasteiger partial charge in [-0.2, -0.15) is 0 Å². The third-order valence-corrected chi connectivity index (χ3v) is 4.04. The molecule has 1 amide bonds. The van der Waals surface area contributed by atoms with E-state index in [1.807, 2.05) is 0 Å². The maximum atomic E-state index is 11.5. The van der Waals surface area contributed by atoms with Gasteiger partial charge in [-0.25, -0.2) is 0 Å². The summed E-state index contributed by atoms with van der Waals surface area (Å²) in [4.78, 5) is 11.5. The monoisotopic (exact) mass is 260 g/mol. The Bertz CT molecular complexity index is 225. The number of carbonyl (C=O) groups excluding carboxylic acids is 1. The molecule has 3 nitrogen and oxygen atoms in total. The minimum absolute atomic E-state index is 0. The quantitative estimate of drug-likeness (QED) is 0.768. The minimum Gasteiger partial charge on any atom is -0.356 e. The van der Waals surface area contributed by atoms with Crippen molar-refractivity contribution in [3.8, 4) is 0 Å². The fraction of sp³-hybridized carbons (Fsp3) is 0.923. The molecule has 1 unspecified atom stereocenters. The Labute approximate surface area is 111 Å². The Morgan fingerprint density at radius 3 is 2.59 bits per heavy atom. The van der Waals surface area contributed by atoms with Crippen molar-refractivity contribution in [2.45, 2.75) is 44.9 Å². The van der Waals surface area contributed by atoms with Crippen molar-refractivity contribution in [2.24, 2.45) is 11.8 Å². The van der Waals surface area contributed by atoms with Crippen molar-refractivity contribution in [3.63, 3.8) is 0 Å². The third-order valence-electron chi connectivity index (χ3n) is 4.04. The molecule has 2 fully saturated rings. The van der Waals surface area contributed by atoms with Gasteiger partial charge in [-0.1, -0.05) is 19.3 Å². The molecule has 0 spiro atoms. The zero-order valence-corrected chi connectivity index (χ0v) is 11.4. The predicted molar refractivity (Wildman–Crippen MR) is 72.4 cm³/mol. The fourth-order valence-corrected chi connectivity index (χ4v) is 2.58. The molecule has 1 heterocycles. The summed E-state index contributed by atoms with van der Waals surface area (Å²) >= 11 is 0. The second-order valence-corrected chi connectivity index (χ2v) is 5.33. The molecule has 0 aromatic heterocycles. The van der Waals surface area contributed by atoms with Crippen LogP contribution in [0.3, 0.4) is 0 Å². The Morgan fingerprint density at radius 2 is 2.00 bits per heavy atom. The van der Waals surface area contributed by atoms with E-state index in [9.17, 15) is 4.79 Å². The van der Waals surface area contributed by atoms with E-state index < -0.39 is 0 Å². The van der Waals surface area contributed by atoms with Gasteiger partial charge < -0.3 is 10.6 Å². The van der Waals surface area contributed by atoms with Crippen molar-refractivity contribution in [2.75, 3.05) is 19.6 Å². The number of amides is 1. The smallest absolute Gasteiger partial charge is 0.220 e. The maximum absolute atomic E-state index is 11.5. The number of hydrogen-bond donors (Lipinski definition) is 2. The van der Waals surface area contributed by atoms with Crippen LogP contribution in [0.4, 0.5) is 0 Å². The highest BCUT2D eigenvalue weighted by atomic mass is 35.5. The number of halogens is 1. The maximum Gasteiger partial charge on any atom is 0.220 e. The van der Waals surface area contributed by atoms with E-state index in [4.69, 9.17) is 0 Å². The average molecular weight is 261 g/mol. The number of hydrogen-bond acceptors (Lipinski definition) is 2. The highest BCUT2D eigenvalue weighted by Crippen LogP contribution is 2.30. The van der Waals surface area contributed by atoms with Crippen molar-refractivity contribution >= 4 is 18.3 Å². The minimum atomic E-state index is 0. The first-order chi connectivity index (χ1) is 7.84. The predicted octanol–water partition coefficient (Wildman–Crippen LogP) is 2.10. The number of nitrogens with one attached hydrogen (secondary N) is 2. The Kier molecular flexibility index (Phi) is 6.90. The lowest BCUT2D eigenvalue weighted by Crippen LogP contribution is -2.27. The van der Waals surface area contributed by atoms with E-state index in [1.165, 1.54) is 25.7 Å². The number of rotatable bonds is 6. The topological polar surface area (TPSA) is 41.1 Å². The fourth-order valence-electron chi connectivity index (χ4n) is 2.58. The van der Waals surface area contributed by atoms with Crippen LogP contribution in [-0.4, -0.2) is 25.5 Å². The zero-order valence-electron chi connectivity index (χ0n) is 10.5. The van der Waals surface area contributed by atoms with Crippen LogP contribution in [0.2, 0.25) is 0 Å². The van der Waals surface area contributed by atoms with Gasteiger partial charge in [0.05, 0.1) is 0 Å². The molecule has 100 valence electrons. The molecule has 0 bridgehead atoms. The van der Waals surface area contributed by atoms with E-state index in [1.54, 1.807) is 0 Å². The van der Waals surface area contributed by atoms with Gasteiger partial charge in [0, 0.05) is 13.0 Å². The second-order valence-electron chi connectivity index (χ2n) is 5.33. The van der Waals surface area contributed by atoms with Gasteiger partial charge in [-0.05, 0) is 44.2 Å². The SMILES string of the molecule is Cl.O=C(CCC1CCC1)NCCC1CCNC1. The Morgan fingerprint density at radius 1 is 1.18 bits per heavy atom. The molecular formula is C13H25ClN2O. The molecular weight excluding hydrogens is 236 g/mol. The lowest BCUT2D eigenvalue weighted by molar-refractivity contribution is -0.121. The lowest BCUT2D eigenvalue weighted by Gasteiger charge is -2.24. The first-order valence-electron chi connectivity index (χ1n) is 6.82. The zero-order chi connectivity index (χ0) is 11.2. The molecule has 2 rings (SSSR count). The molecule has 0 aromatic rings. The van der Waals surface area contributed by atoms with Crippen molar-refractivity contribution < 1.29 is 4.79 Å². The van der Waals surface area contributed by atoms with Crippen LogP contribution >= 0.6 is 12.4 Å². The van der Waals surface area contributed by atoms with Gasteiger partial charge >= 0.3 is 0 Å². The molecule has 17 heavy (non-hydrogen) atoms. The van der Waals surface area contributed by atoms with Gasteiger partial charge in [-0.3, -0.25) is 4.79 Å². The highest BCUT2D eigenvalue weighted by Gasteiger charge is 2.18. The van der Waals surface area contributed by atoms with Gasteiger partial charge in [0.25, 0.3) is 0 Å². The van der Waals surface area contributed by atoms with E-state index in [-0.39, 0.29) is 18.3 Å². The van der Waals surface area contributed by atoms with Crippen LogP contribution in [0.5, 0.6) is 0 Å². The van der Waals surface area contributed by atoms with Crippen LogP contribution in [0, 0.1) is 11.8 Å². The average Bonchev–Trinajstić information content (AvgIpc) is 2.68. The third kappa shape index (κ3) is 5.26. The van der Waals surface area contributed by atoms with Crippen LogP contribution in [0.25, 0.3) is 0 Å². The van der Waals surface area contributed by atoms with Crippen LogP contribution in [0.1, 0.15) is 44.9 Å². The van der Waals surface area contributed by atoms with Gasteiger partial charge in [-0.15, -0.1) is 12.4 Å². The number of carbonyl (C=O) groups is 1. The molecule has 1 atom stereocenters. The summed E-state index contributed by atoms with van der Waals surface area (Å²) in [6.07, 6.45) is 8.34. The largest absolute Gasteiger partial charge is 0.356 e. The van der Waals surface area contributed by atoms with E-state index in [0.29, 0.717) is 0 Å². The van der Waals surface area contributed by atoms with Gasteiger partial charge in [0.2, 0.25) is 5.91 Å². The molecule has 4 heteroatoms. The Balaban J connectivity index is 0.00000144. The molecule has 1 aliphatic heterocycles. The summed E-state index contributed by atoms with van der Waals surface area (Å²) in [5.74, 6) is 1.90. The van der Waals surface area contributed by atoms with Crippen LogP contribution < -0.4 is 10.6 Å². The van der Waals surface area contributed by atoms with E-state index >= 15 is 0 Å². The molecule has 0 radical (unpaired) electrons. The molecule has 1 aliphatic carbocycles. The van der Waals surface area contributed by atoms with E-state index in [2.05, 4.69) is 10.6 Å². The molecule has 1 saturated heterocycles.